The van der Waals surface area contributed by atoms with Gasteiger partial charge in [-0.1, -0.05) is 119 Å². The lowest BCUT2D eigenvalue weighted by molar-refractivity contribution is -0.118. The summed E-state index contributed by atoms with van der Waals surface area (Å²) in [4.78, 5) is 64.3. The topological polar surface area (TPSA) is 229 Å². The van der Waals surface area contributed by atoms with Crippen LogP contribution in [0.4, 0.5) is 0 Å². The first kappa shape index (κ1) is 91.7. The molecule has 3 amide bonds. The number of nitrogens with one attached hydrogen (secondary N) is 3. The standard InChI is InChI=1S/C36H40ClN3O2.2C34H36ClN3O4/c1-21-14-22(2)16-27(15-21)20-38-36(41)33-19-32-29(10-8-11-31(32)34-25(5)39-40(7)26(34)6)30(33)12-9-13-42-28-17-23(3)35(37)24(4)18-28;2*1-19-15-25(16-20(2)33(19)35)41-14-8-11-27-26-9-7-10-28(32-21(3)37-38(6)22(32)4)29(26)17-30(27)34(40)36-18-24-12-13-31(42-24)23(5)39/h8,10-11,14-18H,9,12-13,19-20H2,1-7H3,(H,38,41);2*7,9-10,12-13,15-16H,8,11,14,17-18H2,1-6H3,(H,36,40). The van der Waals surface area contributed by atoms with Crippen molar-refractivity contribution < 1.29 is 47.0 Å². The van der Waals surface area contributed by atoms with Gasteiger partial charge in [0.1, 0.15) is 28.8 Å². The number of fused-ring (bicyclic) bond motifs is 3. The smallest absolute Gasteiger partial charge is 0.248 e. The lowest BCUT2D eigenvalue weighted by Gasteiger charge is -2.13. The zero-order chi connectivity index (χ0) is 90.4. The number of amides is 3. The lowest BCUT2D eigenvalue weighted by Crippen LogP contribution is -2.25. The monoisotopic (exact) mass is 1750 g/mol. The zero-order valence-electron chi connectivity index (χ0n) is 75.7. The van der Waals surface area contributed by atoms with Crippen molar-refractivity contribution in [2.75, 3.05) is 19.8 Å². The summed E-state index contributed by atoms with van der Waals surface area (Å²) in [7, 11) is 5.88. The molecule has 12 aromatic rings. The van der Waals surface area contributed by atoms with Crippen LogP contribution >= 0.6 is 34.8 Å². The summed E-state index contributed by atoms with van der Waals surface area (Å²) < 4.78 is 35.2. The molecule has 0 spiro atoms. The minimum atomic E-state index is -0.150. The van der Waals surface area contributed by atoms with E-state index in [2.05, 4.69) is 146 Å². The molecule has 0 saturated carbocycles. The Kier molecular flexibility index (Phi) is 28.9. The number of Topliss-reactive ketones (excluding diaryl/α,β-unsaturated/α-hetero) is 2. The molecule has 3 N–H and O–H groups in total. The number of carbonyl (C=O) groups excluding carboxylic acids is 5. The van der Waals surface area contributed by atoms with E-state index in [1.807, 2.05) is 127 Å². The fourth-order valence-electron chi connectivity index (χ4n) is 17.8. The van der Waals surface area contributed by atoms with Crippen LogP contribution < -0.4 is 30.2 Å². The van der Waals surface area contributed by atoms with Crippen LogP contribution in [0.15, 0.2) is 159 Å². The highest BCUT2D eigenvalue weighted by molar-refractivity contribution is 6.33. The fraction of sp³-hybridized carbons (Fsp3) is 0.327. The van der Waals surface area contributed by atoms with Crippen molar-refractivity contribution in [3.63, 3.8) is 0 Å². The first-order chi connectivity index (χ1) is 60.1. The Balaban J connectivity index is 0.000000162. The predicted molar refractivity (Wildman–Crippen MR) is 502 cm³/mol. The van der Waals surface area contributed by atoms with Crippen molar-refractivity contribution in [2.45, 2.75) is 188 Å². The van der Waals surface area contributed by atoms with Crippen molar-refractivity contribution in [2.24, 2.45) is 21.1 Å². The molecule has 7 aromatic carbocycles. The van der Waals surface area contributed by atoms with Gasteiger partial charge in [-0.05, 0) is 302 Å². The van der Waals surface area contributed by atoms with Gasteiger partial charge in [-0.3, -0.25) is 38.0 Å². The summed E-state index contributed by atoms with van der Waals surface area (Å²) in [5.41, 5.74) is 34.8. The number of ether oxygens (including phenoxy) is 3. The van der Waals surface area contributed by atoms with Crippen LogP contribution in [0, 0.1) is 96.9 Å². The number of furan rings is 2. The molecular weight excluding hydrogens is 1640 g/mol. The number of rotatable bonds is 29. The van der Waals surface area contributed by atoms with Gasteiger partial charge in [0.05, 0.1) is 50.0 Å². The Labute approximate surface area is 754 Å². The maximum atomic E-state index is 13.8. The van der Waals surface area contributed by atoms with Gasteiger partial charge in [0.25, 0.3) is 0 Å². The van der Waals surface area contributed by atoms with Gasteiger partial charge in [-0.2, -0.15) is 15.3 Å². The van der Waals surface area contributed by atoms with E-state index in [1.54, 1.807) is 24.3 Å². The molecule has 0 aliphatic heterocycles. The van der Waals surface area contributed by atoms with Crippen molar-refractivity contribution in [3.05, 3.63) is 306 Å². The largest absolute Gasteiger partial charge is 0.494 e. The highest BCUT2D eigenvalue weighted by Gasteiger charge is 2.34. The van der Waals surface area contributed by atoms with E-state index in [1.165, 1.54) is 30.5 Å². The molecule has 3 aliphatic rings. The molecule has 19 nitrogen and oxygen atoms in total. The first-order valence-electron chi connectivity index (χ1n) is 43.0. The number of hydrogen-bond donors (Lipinski definition) is 3. The van der Waals surface area contributed by atoms with Crippen LogP contribution in [0.5, 0.6) is 17.2 Å². The number of halogens is 3. The van der Waals surface area contributed by atoms with Crippen molar-refractivity contribution in [1.29, 1.82) is 0 Å². The van der Waals surface area contributed by atoms with E-state index in [0.717, 1.165) is 226 Å². The van der Waals surface area contributed by atoms with E-state index in [4.69, 9.17) is 57.8 Å². The zero-order valence-corrected chi connectivity index (χ0v) is 78.0. The van der Waals surface area contributed by atoms with Crippen LogP contribution in [0.2, 0.25) is 15.1 Å². The number of carbonyl (C=O) groups is 5. The summed E-state index contributed by atoms with van der Waals surface area (Å²) >= 11 is 19.0. The number of ketones is 2. The molecule has 5 aromatic heterocycles. The number of aromatic nitrogens is 6. The molecule has 654 valence electrons. The van der Waals surface area contributed by atoms with E-state index in [-0.39, 0.29) is 53.9 Å². The Morgan fingerprint density at radius 1 is 0.373 bits per heavy atom. The van der Waals surface area contributed by atoms with E-state index >= 15 is 0 Å². The summed E-state index contributed by atoms with van der Waals surface area (Å²) in [6, 6.07) is 43.9. The second-order valence-corrected chi connectivity index (χ2v) is 34.7. The third-order valence-corrected chi connectivity index (χ3v) is 26.0. The molecule has 0 radical (unpaired) electrons. The number of hydrogen-bond acceptors (Lipinski definition) is 13. The van der Waals surface area contributed by atoms with Crippen molar-refractivity contribution >= 4 is 80.8 Å². The Hall–Kier alpha value is -12.0. The molecular formula is C104H112Cl3N9O10. The summed E-state index contributed by atoms with van der Waals surface area (Å²) in [6.45, 7) is 33.8. The quantitative estimate of drug-likeness (QED) is 0.0293. The second-order valence-electron chi connectivity index (χ2n) is 33.6. The fourth-order valence-corrected chi connectivity index (χ4v) is 18.2. The molecule has 0 fully saturated rings. The van der Waals surface area contributed by atoms with E-state index < -0.39 is 0 Å². The highest BCUT2D eigenvalue weighted by Crippen LogP contribution is 2.47. The van der Waals surface area contributed by atoms with Gasteiger partial charge in [-0.25, -0.2) is 0 Å². The highest BCUT2D eigenvalue weighted by atomic mass is 35.5. The van der Waals surface area contributed by atoms with Crippen LogP contribution in [0.1, 0.15) is 203 Å². The molecule has 126 heavy (non-hydrogen) atoms. The molecule has 0 saturated heterocycles. The van der Waals surface area contributed by atoms with Gasteiger partial charge in [0.15, 0.2) is 23.1 Å². The molecule has 0 bridgehead atoms. The van der Waals surface area contributed by atoms with Crippen LogP contribution in [0.3, 0.4) is 0 Å². The molecule has 15 rings (SSSR count). The second kappa shape index (κ2) is 39.7. The average Bonchev–Trinajstić information content (AvgIpc) is 1.61. The maximum absolute atomic E-state index is 13.8. The first-order valence-corrected chi connectivity index (χ1v) is 44.1. The third kappa shape index (κ3) is 20.4. The molecule has 5 heterocycles. The van der Waals surface area contributed by atoms with E-state index in [0.29, 0.717) is 70.0 Å². The van der Waals surface area contributed by atoms with Gasteiger partial charge < -0.3 is 39.0 Å². The van der Waals surface area contributed by atoms with E-state index in [9.17, 15) is 24.0 Å². The molecule has 0 unspecified atom stereocenters. The van der Waals surface area contributed by atoms with Crippen LogP contribution in [-0.2, 0) is 74.4 Å². The molecule has 3 aliphatic carbocycles. The van der Waals surface area contributed by atoms with Crippen molar-refractivity contribution in [1.82, 2.24) is 45.3 Å². The van der Waals surface area contributed by atoms with Gasteiger partial charge in [0.2, 0.25) is 17.7 Å². The summed E-state index contributed by atoms with van der Waals surface area (Å²) in [5.74, 6) is 3.47. The number of allylic oxidation sites excluding steroid dienone is 3. The van der Waals surface area contributed by atoms with Crippen molar-refractivity contribution in [3.8, 4) is 50.6 Å². The average molecular weight is 1750 g/mol. The summed E-state index contributed by atoms with van der Waals surface area (Å²) in [5, 5.41) is 25.5. The van der Waals surface area contributed by atoms with Crippen LogP contribution in [-0.4, -0.2) is 78.5 Å². The lowest BCUT2D eigenvalue weighted by atomic mass is 9.93. The third-order valence-electron chi connectivity index (χ3n) is 24.2. The van der Waals surface area contributed by atoms with Gasteiger partial charge in [-0.15, -0.1) is 0 Å². The Bertz CT molecular complexity index is 6030. The Morgan fingerprint density at radius 2 is 0.651 bits per heavy atom. The number of benzene rings is 7. The SMILES string of the molecule is CC(=O)c1ccc(CNC(=O)C2=C(CCCOc3cc(C)c(Cl)c(C)c3)c3cccc(-c4c(C)nn(C)c4C)c3C2)o1.CC(=O)c1ccc(CNC(=O)C2=C(CCCOc3cc(C)c(Cl)c(C)c3)c3cccc(-c4c(C)nn(C)c4C)c3C2)o1.Cc1cc(C)cc(CNC(=O)C2=C(CCCOc3cc(C)c(Cl)c(C)c3)c3cccc(-c4c(C)nn(C)c4C)c3C2)c1. The minimum absolute atomic E-state index is 0.00388. The van der Waals surface area contributed by atoms with Crippen LogP contribution in [0.25, 0.3) is 50.1 Å². The number of aryl methyl sites for hydroxylation is 14. The summed E-state index contributed by atoms with van der Waals surface area (Å²) in [6.07, 6.45) is 6.03. The van der Waals surface area contributed by atoms with Gasteiger partial charge in [0, 0.05) is 126 Å². The normalized spacial score (nSPS) is 12.6. The number of nitrogens with zero attached hydrogens (tertiary/aromatic N) is 6. The Morgan fingerprint density at radius 3 is 0.913 bits per heavy atom. The molecule has 0 atom stereocenters. The van der Waals surface area contributed by atoms with Gasteiger partial charge >= 0.3 is 0 Å². The maximum Gasteiger partial charge on any atom is 0.248 e. The predicted octanol–water partition coefficient (Wildman–Crippen LogP) is 22.6. The minimum Gasteiger partial charge on any atom is -0.494 e. The molecule has 22 heteroatoms.